The fourth-order valence-corrected chi connectivity index (χ4v) is 2.60. The van der Waals surface area contributed by atoms with E-state index >= 15 is 0 Å². The maximum atomic E-state index is 14.3. The summed E-state index contributed by atoms with van der Waals surface area (Å²) in [5.74, 6) is -0.968. The van der Waals surface area contributed by atoms with Crippen LogP contribution in [0.1, 0.15) is 37.3 Å². The SMILES string of the molecule is C=C(/C=C1/N=C(C(=O)O)C=C(CCCC)N1C)c1cccc(C)c1F. The summed E-state index contributed by atoms with van der Waals surface area (Å²) in [6.07, 6.45) is 5.92. The van der Waals surface area contributed by atoms with E-state index in [2.05, 4.69) is 18.5 Å². The lowest BCUT2D eigenvalue weighted by Gasteiger charge is -2.27. The van der Waals surface area contributed by atoms with Crippen molar-refractivity contribution in [2.24, 2.45) is 4.99 Å². The molecule has 1 N–H and O–H groups in total. The van der Waals surface area contributed by atoms with Gasteiger partial charge in [0.25, 0.3) is 0 Å². The van der Waals surface area contributed by atoms with Gasteiger partial charge in [-0.3, -0.25) is 0 Å². The highest BCUT2D eigenvalue weighted by molar-refractivity contribution is 6.41. The topological polar surface area (TPSA) is 52.9 Å². The maximum Gasteiger partial charge on any atom is 0.354 e. The highest BCUT2D eigenvalue weighted by Gasteiger charge is 2.20. The van der Waals surface area contributed by atoms with Crippen LogP contribution >= 0.6 is 0 Å². The fourth-order valence-electron chi connectivity index (χ4n) is 2.60. The average molecular weight is 342 g/mol. The Morgan fingerprint density at radius 2 is 2.16 bits per heavy atom. The van der Waals surface area contributed by atoms with Crippen molar-refractivity contribution in [2.75, 3.05) is 7.05 Å². The van der Waals surface area contributed by atoms with Crippen molar-refractivity contribution >= 4 is 17.3 Å². The van der Waals surface area contributed by atoms with Gasteiger partial charge >= 0.3 is 5.97 Å². The van der Waals surface area contributed by atoms with Gasteiger partial charge in [-0.2, -0.15) is 0 Å². The van der Waals surface area contributed by atoms with Crippen LogP contribution in [-0.4, -0.2) is 28.7 Å². The first-order chi connectivity index (χ1) is 11.8. The first-order valence-electron chi connectivity index (χ1n) is 8.27. The summed E-state index contributed by atoms with van der Waals surface area (Å²) in [5.41, 5.74) is 2.23. The second-order valence-corrected chi connectivity index (χ2v) is 6.06. The highest BCUT2D eigenvalue weighted by Crippen LogP contribution is 2.27. The van der Waals surface area contributed by atoms with E-state index in [-0.39, 0.29) is 11.5 Å². The number of nitrogens with zero attached hydrogens (tertiary/aromatic N) is 2. The Morgan fingerprint density at radius 1 is 1.44 bits per heavy atom. The third kappa shape index (κ3) is 4.24. The van der Waals surface area contributed by atoms with Crippen LogP contribution in [0.4, 0.5) is 4.39 Å². The van der Waals surface area contributed by atoms with E-state index < -0.39 is 5.97 Å². The third-order valence-electron chi connectivity index (χ3n) is 4.16. The fraction of sp³-hybridized carbons (Fsp3) is 0.300. The van der Waals surface area contributed by atoms with Crippen LogP contribution in [0.3, 0.4) is 0 Å². The molecule has 1 aromatic rings. The van der Waals surface area contributed by atoms with Crippen molar-refractivity contribution in [2.45, 2.75) is 33.1 Å². The van der Waals surface area contributed by atoms with Gasteiger partial charge in [-0.05, 0) is 43.1 Å². The summed E-state index contributed by atoms with van der Waals surface area (Å²) in [7, 11) is 1.83. The molecule has 5 heteroatoms. The van der Waals surface area contributed by atoms with E-state index in [0.717, 1.165) is 25.0 Å². The number of aryl methyl sites for hydroxylation is 1. The van der Waals surface area contributed by atoms with E-state index in [1.54, 1.807) is 37.3 Å². The normalized spacial score (nSPS) is 15.8. The Morgan fingerprint density at radius 3 is 2.80 bits per heavy atom. The van der Waals surface area contributed by atoms with Gasteiger partial charge in [0.1, 0.15) is 11.6 Å². The van der Waals surface area contributed by atoms with Crippen molar-refractivity contribution in [3.8, 4) is 0 Å². The molecule has 25 heavy (non-hydrogen) atoms. The molecular formula is C20H23FN2O2. The Kier molecular flexibility index (Phi) is 5.91. The maximum absolute atomic E-state index is 14.3. The van der Waals surface area contributed by atoms with E-state index in [1.165, 1.54) is 0 Å². The van der Waals surface area contributed by atoms with E-state index in [4.69, 9.17) is 0 Å². The second-order valence-electron chi connectivity index (χ2n) is 6.06. The second kappa shape index (κ2) is 7.92. The van der Waals surface area contributed by atoms with Gasteiger partial charge in [0.15, 0.2) is 5.71 Å². The molecule has 0 radical (unpaired) electrons. The van der Waals surface area contributed by atoms with Crippen molar-refractivity contribution in [3.05, 3.63) is 65.4 Å². The number of hydrogen-bond acceptors (Lipinski definition) is 3. The minimum Gasteiger partial charge on any atom is -0.477 e. The first kappa shape index (κ1) is 18.6. The van der Waals surface area contributed by atoms with Gasteiger partial charge in [0, 0.05) is 18.3 Å². The molecule has 0 spiro atoms. The molecule has 0 unspecified atom stereocenters. The number of unbranched alkanes of at least 4 members (excludes halogenated alkanes) is 1. The number of carboxylic acids is 1. The lowest BCUT2D eigenvalue weighted by atomic mass is 10.0. The minimum atomic E-state index is -1.08. The van der Waals surface area contributed by atoms with Crippen LogP contribution in [-0.2, 0) is 4.79 Å². The summed E-state index contributed by atoms with van der Waals surface area (Å²) in [6, 6.07) is 5.11. The van der Waals surface area contributed by atoms with Crippen molar-refractivity contribution in [1.82, 2.24) is 4.90 Å². The molecule has 0 bridgehead atoms. The predicted octanol–water partition coefficient (Wildman–Crippen LogP) is 4.53. The van der Waals surface area contributed by atoms with Crippen molar-refractivity contribution in [1.29, 1.82) is 0 Å². The lowest BCUT2D eigenvalue weighted by Crippen LogP contribution is -2.25. The number of benzene rings is 1. The number of aliphatic imine (C=N–C) groups is 1. The number of carboxylic acid groups (broad SMARTS) is 1. The number of hydrogen-bond donors (Lipinski definition) is 1. The van der Waals surface area contributed by atoms with Crippen LogP contribution < -0.4 is 0 Å². The smallest absolute Gasteiger partial charge is 0.354 e. The molecule has 1 aliphatic heterocycles. The molecule has 0 amide bonds. The minimum absolute atomic E-state index is 0.0204. The molecule has 0 saturated carbocycles. The number of rotatable bonds is 6. The van der Waals surface area contributed by atoms with Gasteiger partial charge in [-0.15, -0.1) is 0 Å². The molecule has 0 aliphatic carbocycles. The number of aliphatic carboxylic acids is 1. The molecule has 0 fully saturated rings. The van der Waals surface area contributed by atoms with Gasteiger partial charge < -0.3 is 10.0 Å². The number of halogens is 1. The van der Waals surface area contributed by atoms with Crippen molar-refractivity contribution in [3.63, 3.8) is 0 Å². The van der Waals surface area contributed by atoms with E-state index in [0.29, 0.717) is 22.5 Å². The molecule has 1 aromatic carbocycles. The van der Waals surface area contributed by atoms with Crippen molar-refractivity contribution < 1.29 is 14.3 Å². The van der Waals surface area contributed by atoms with Gasteiger partial charge in [0.05, 0.1) is 0 Å². The summed E-state index contributed by atoms with van der Waals surface area (Å²) in [4.78, 5) is 17.4. The molecule has 0 aromatic heterocycles. The van der Waals surface area contributed by atoms with Crippen LogP contribution in [0, 0.1) is 12.7 Å². The van der Waals surface area contributed by atoms with Gasteiger partial charge in [0.2, 0.25) is 0 Å². The average Bonchev–Trinajstić information content (AvgIpc) is 2.57. The largest absolute Gasteiger partial charge is 0.477 e. The molecule has 2 rings (SSSR count). The number of allylic oxidation sites excluding steroid dienone is 3. The van der Waals surface area contributed by atoms with E-state index in [9.17, 15) is 14.3 Å². The molecule has 1 aliphatic rings. The third-order valence-corrected chi connectivity index (χ3v) is 4.16. The van der Waals surface area contributed by atoms with Gasteiger partial charge in [-0.25, -0.2) is 14.2 Å². The summed E-state index contributed by atoms with van der Waals surface area (Å²) in [5, 5.41) is 9.31. The Balaban J connectivity index is 2.40. The zero-order valence-corrected chi connectivity index (χ0v) is 14.8. The Bertz CT molecular complexity index is 791. The molecular weight excluding hydrogens is 319 g/mol. The summed E-state index contributed by atoms with van der Waals surface area (Å²) < 4.78 is 14.3. The zero-order chi connectivity index (χ0) is 18.6. The molecule has 132 valence electrons. The van der Waals surface area contributed by atoms with Crippen LogP contribution in [0.2, 0.25) is 0 Å². The predicted molar refractivity (Wildman–Crippen MR) is 98.7 cm³/mol. The van der Waals surface area contributed by atoms with Gasteiger partial charge in [-0.1, -0.05) is 38.1 Å². The van der Waals surface area contributed by atoms with Crippen LogP contribution in [0.5, 0.6) is 0 Å². The zero-order valence-electron chi connectivity index (χ0n) is 14.8. The molecule has 0 saturated heterocycles. The Hall–Kier alpha value is -2.69. The highest BCUT2D eigenvalue weighted by atomic mass is 19.1. The standard InChI is InChI=1S/C20H23FN2O2/c1-5-6-9-15-12-17(20(24)25)22-18(23(15)4)11-14(3)16-10-7-8-13(2)19(16)21/h7-8,10-12H,3,5-6,9H2,1-2,4H3,(H,24,25)/b18-11-. The molecule has 4 nitrogen and oxygen atoms in total. The van der Waals surface area contributed by atoms with Crippen LogP contribution in [0.15, 0.2) is 53.4 Å². The number of carbonyl (C=O) groups is 1. The lowest BCUT2D eigenvalue weighted by molar-refractivity contribution is -0.129. The van der Waals surface area contributed by atoms with E-state index in [1.807, 2.05) is 11.9 Å². The first-order valence-corrected chi connectivity index (χ1v) is 8.27. The molecule has 1 heterocycles. The summed E-state index contributed by atoms with van der Waals surface area (Å²) >= 11 is 0. The molecule has 0 atom stereocenters. The summed E-state index contributed by atoms with van der Waals surface area (Å²) in [6.45, 7) is 7.70. The Labute approximate surface area is 147 Å². The monoisotopic (exact) mass is 342 g/mol. The van der Waals surface area contributed by atoms with Crippen LogP contribution in [0.25, 0.3) is 5.57 Å². The quantitative estimate of drug-likeness (QED) is 0.826.